The van der Waals surface area contributed by atoms with Gasteiger partial charge in [0.15, 0.2) is 0 Å². The summed E-state index contributed by atoms with van der Waals surface area (Å²) in [7, 11) is 0. The van der Waals surface area contributed by atoms with Crippen LogP contribution in [-0.2, 0) is 5.41 Å². The van der Waals surface area contributed by atoms with Crippen molar-refractivity contribution in [2.45, 2.75) is 56.4 Å². The lowest BCUT2D eigenvalue weighted by Gasteiger charge is -2.36. The quantitative estimate of drug-likeness (QED) is 0.752. The van der Waals surface area contributed by atoms with Crippen LogP contribution in [0.2, 0.25) is 0 Å². The number of anilines is 1. The first-order chi connectivity index (χ1) is 14.7. The van der Waals surface area contributed by atoms with Crippen LogP contribution in [0.1, 0.15) is 53.7 Å². The van der Waals surface area contributed by atoms with Gasteiger partial charge in [-0.25, -0.2) is 18.6 Å². The zero-order chi connectivity index (χ0) is 22.0. The number of carboxylic acids is 1. The molecule has 7 heteroatoms. The summed E-state index contributed by atoms with van der Waals surface area (Å²) in [5, 5.41) is 9.35. The van der Waals surface area contributed by atoms with Gasteiger partial charge >= 0.3 is 5.97 Å². The van der Waals surface area contributed by atoms with Crippen LogP contribution in [0.15, 0.2) is 30.3 Å². The van der Waals surface area contributed by atoms with Crippen LogP contribution >= 0.6 is 0 Å². The van der Waals surface area contributed by atoms with E-state index in [1.54, 1.807) is 6.07 Å². The average molecular weight is 427 g/mol. The second-order valence-electron chi connectivity index (χ2n) is 9.51. The number of nitrogen functional groups attached to an aromatic ring is 1. The van der Waals surface area contributed by atoms with Gasteiger partial charge in [0.2, 0.25) is 5.92 Å². The minimum absolute atomic E-state index is 0.00778. The number of alkyl halides is 2. The minimum Gasteiger partial charge on any atom is -0.478 e. The van der Waals surface area contributed by atoms with E-state index in [-0.39, 0.29) is 35.7 Å². The Morgan fingerprint density at radius 3 is 2.55 bits per heavy atom. The summed E-state index contributed by atoms with van der Waals surface area (Å²) < 4.78 is 27.1. The van der Waals surface area contributed by atoms with Gasteiger partial charge in [-0.1, -0.05) is 24.3 Å². The molecule has 0 amide bonds. The maximum Gasteiger partial charge on any atom is 0.339 e. The highest BCUT2D eigenvalue weighted by atomic mass is 19.3. The lowest BCUT2D eigenvalue weighted by Crippen LogP contribution is -2.41. The van der Waals surface area contributed by atoms with Crippen molar-refractivity contribution in [3.63, 3.8) is 0 Å². The molecular weight excluding hydrogens is 400 g/mol. The normalized spacial score (nSPS) is 27.8. The second kappa shape index (κ2) is 6.99. The summed E-state index contributed by atoms with van der Waals surface area (Å²) >= 11 is 0. The lowest BCUT2D eigenvalue weighted by atomic mass is 9.90. The molecule has 2 atom stereocenters. The van der Waals surface area contributed by atoms with Crippen molar-refractivity contribution in [1.29, 1.82) is 0 Å². The molecule has 164 valence electrons. The van der Waals surface area contributed by atoms with Crippen LogP contribution in [0.25, 0.3) is 11.1 Å². The third kappa shape index (κ3) is 3.49. The molecule has 3 N–H and O–H groups in total. The number of hydrogen-bond acceptors (Lipinski definition) is 4. The van der Waals surface area contributed by atoms with Crippen LogP contribution in [0, 0.1) is 12.8 Å². The summed E-state index contributed by atoms with van der Waals surface area (Å²) in [6.45, 7) is 3.77. The molecule has 3 fully saturated rings. The largest absolute Gasteiger partial charge is 0.478 e. The third-order valence-corrected chi connectivity index (χ3v) is 7.62. The molecule has 5 nitrogen and oxygen atoms in total. The number of aromatic carboxylic acids is 1. The van der Waals surface area contributed by atoms with Crippen molar-refractivity contribution < 1.29 is 18.7 Å². The molecule has 0 unspecified atom stereocenters. The van der Waals surface area contributed by atoms with Gasteiger partial charge in [0, 0.05) is 48.6 Å². The number of rotatable bonds is 4. The van der Waals surface area contributed by atoms with Crippen LogP contribution in [0.3, 0.4) is 0 Å². The highest BCUT2D eigenvalue weighted by molar-refractivity contribution is 5.94. The number of aromatic nitrogens is 1. The van der Waals surface area contributed by atoms with E-state index in [1.165, 1.54) is 5.56 Å². The van der Waals surface area contributed by atoms with Crippen LogP contribution in [-0.4, -0.2) is 46.0 Å². The Balaban J connectivity index is 1.34. The maximum absolute atomic E-state index is 13.5. The van der Waals surface area contributed by atoms with Gasteiger partial charge in [-0.3, -0.25) is 4.90 Å². The fourth-order valence-corrected chi connectivity index (χ4v) is 5.71. The van der Waals surface area contributed by atoms with E-state index in [0.717, 1.165) is 30.6 Å². The Kier molecular flexibility index (Phi) is 4.59. The van der Waals surface area contributed by atoms with Crippen molar-refractivity contribution in [3.05, 3.63) is 47.2 Å². The van der Waals surface area contributed by atoms with Gasteiger partial charge in [-0.05, 0) is 49.3 Å². The number of likely N-dealkylation sites (tertiary alicyclic amines) is 1. The first-order valence-electron chi connectivity index (χ1n) is 10.9. The molecule has 1 aromatic carbocycles. The number of aryl methyl sites for hydroxylation is 1. The molecule has 0 bridgehead atoms. The molecule has 0 radical (unpaired) electrons. The van der Waals surface area contributed by atoms with Crippen molar-refractivity contribution in [1.82, 2.24) is 9.88 Å². The third-order valence-electron chi connectivity index (χ3n) is 7.62. The number of nitrogens with zero attached hydrogens (tertiary/aromatic N) is 2. The number of nitrogens with two attached hydrogens (primary N) is 1. The van der Waals surface area contributed by atoms with Crippen molar-refractivity contribution >= 4 is 11.8 Å². The highest BCUT2D eigenvalue weighted by Gasteiger charge is 2.61. The van der Waals surface area contributed by atoms with Gasteiger partial charge in [0.05, 0.1) is 0 Å². The number of carbonyl (C=O) groups is 1. The molecule has 1 aliphatic heterocycles. The molecule has 5 rings (SSSR count). The molecule has 2 aliphatic carbocycles. The summed E-state index contributed by atoms with van der Waals surface area (Å²) in [6.07, 6.45) is 2.34. The number of hydrogen-bond donors (Lipinski definition) is 2. The van der Waals surface area contributed by atoms with Crippen molar-refractivity contribution in [2.24, 2.45) is 5.92 Å². The molecule has 2 aromatic rings. The number of carboxylic acid groups (broad SMARTS) is 1. The second-order valence-corrected chi connectivity index (χ2v) is 9.51. The average Bonchev–Trinajstić information content (AvgIpc) is 3.29. The zero-order valence-electron chi connectivity index (χ0n) is 17.6. The topological polar surface area (TPSA) is 79.4 Å². The molecule has 0 spiro atoms. The first kappa shape index (κ1) is 20.4. The van der Waals surface area contributed by atoms with E-state index in [2.05, 4.69) is 22.0 Å². The Hall–Kier alpha value is -2.54. The fourth-order valence-electron chi connectivity index (χ4n) is 5.71. The smallest absolute Gasteiger partial charge is 0.339 e. The van der Waals surface area contributed by atoms with Crippen LogP contribution in [0.5, 0.6) is 0 Å². The summed E-state index contributed by atoms with van der Waals surface area (Å²) in [4.78, 5) is 18.1. The Labute approximate surface area is 180 Å². The number of fused-ring (bicyclic) bond motifs is 1. The molecule has 1 aromatic heterocycles. The summed E-state index contributed by atoms with van der Waals surface area (Å²) in [6, 6.07) is 10.2. The zero-order valence-corrected chi connectivity index (χ0v) is 17.6. The van der Waals surface area contributed by atoms with Gasteiger partial charge < -0.3 is 10.8 Å². The van der Waals surface area contributed by atoms with Gasteiger partial charge in [0.25, 0.3) is 0 Å². The van der Waals surface area contributed by atoms with E-state index in [9.17, 15) is 18.7 Å². The number of pyridine rings is 1. The van der Waals surface area contributed by atoms with E-state index < -0.39 is 11.9 Å². The lowest BCUT2D eigenvalue weighted by molar-refractivity contribution is -0.0526. The number of benzene rings is 1. The predicted molar refractivity (Wildman–Crippen MR) is 114 cm³/mol. The molecule has 2 heterocycles. The van der Waals surface area contributed by atoms with Crippen molar-refractivity contribution in [3.8, 4) is 11.1 Å². The first-order valence-corrected chi connectivity index (χ1v) is 10.9. The van der Waals surface area contributed by atoms with Crippen LogP contribution in [0.4, 0.5) is 14.6 Å². The van der Waals surface area contributed by atoms with E-state index in [1.807, 2.05) is 19.1 Å². The minimum atomic E-state index is -2.48. The summed E-state index contributed by atoms with van der Waals surface area (Å²) in [5.41, 5.74) is 9.55. The molecule has 2 saturated carbocycles. The predicted octanol–water partition coefficient (Wildman–Crippen LogP) is 4.49. The monoisotopic (exact) mass is 427 g/mol. The molecule has 1 saturated heterocycles. The Bertz CT molecular complexity index is 1030. The Morgan fingerprint density at radius 2 is 1.90 bits per heavy atom. The van der Waals surface area contributed by atoms with Gasteiger partial charge in [0.1, 0.15) is 11.4 Å². The molecular formula is C24H27F2N3O2. The Morgan fingerprint density at radius 1 is 1.23 bits per heavy atom. The van der Waals surface area contributed by atoms with E-state index in [0.29, 0.717) is 24.5 Å². The summed E-state index contributed by atoms with van der Waals surface area (Å²) in [5.74, 6) is -2.95. The standard InChI is InChI=1S/C24H27F2N3O2/c1-14-19(10-20(22(30)31)21(27)28-14)15-2-4-16(5-3-15)23-11-17(23)12-29(13-23)18-6-8-24(25,26)9-7-18/h2-5,10,17-18H,6-9,11-13H2,1H3,(H2,27,28)(H,30,31)/t17-,23+/m0/s1. The maximum atomic E-state index is 13.5. The molecule has 3 aliphatic rings. The fraction of sp³-hybridized carbons (Fsp3) is 0.500. The molecule has 31 heavy (non-hydrogen) atoms. The van der Waals surface area contributed by atoms with Gasteiger partial charge in [-0.15, -0.1) is 0 Å². The number of piperidine rings is 1. The van der Waals surface area contributed by atoms with Gasteiger partial charge in [-0.2, -0.15) is 0 Å². The highest BCUT2D eigenvalue weighted by Crippen LogP contribution is 2.60. The van der Waals surface area contributed by atoms with E-state index >= 15 is 0 Å². The van der Waals surface area contributed by atoms with E-state index in [4.69, 9.17) is 5.73 Å². The SMILES string of the molecule is Cc1nc(N)c(C(=O)O)cc1-c1ccc([C@]23C[C@H]2CN(C2CCC(F)(F)CC2)C3)cc1. The van der Waals surface area contributed by atoms with Crippen LogP contribution < -0.4 is 5.73 Å². The number of halogens is 2. The van der Waals surface area contributed by atoms with Crippen molar-refractivity contribution in [2.75, 3.05) is 18.8 Å².